The van der Waals surface area contributed by atoms with Crippen molar-refractivity contribution < 1.29 is 4.79 Å². The Labute approximate surface area is 122 Å². The zero-order chi connectivity index (χ0) is 13.9. The summed E-state index contributed by atoms with van der Waals surface area (Å²) in [6.07, 6.45) is 9.08. The molecule has 1 aliphatic heterocycles. The van der Waals surface area contributed by atoms with Gasteiger partial charge in [-0.25, -0.2) is 0 Å². The Morgan fingerprint density at radius 2 is 1.95 bits per heavy atom. The number of nitrogens with zero attached hydrogens (tertiary/aromatic N) is 1. The molecule has 2 aliphatic carbocycles. The first-order valence-corrected chi connectivity index (χ1v) is 8.51. The second kappa shape index (κ2) is 6.44. The van der Waals surface area contributed by atoms with Crippen LogP contribution >= 0.6 is 0 Å². The predicted octanol–water partition coefficient (Wildman–Crippen LogP) is 1.35. The number of nitrogens with one attached hydrogen (secondary N) is 1. The van der Waals surface area contributed by atoms with E-state index in [9.17, 15) is 4.79 Å². The molecule has 114 valence electrons. The van der Waals surface area contributed by atoms with Gasteiger partial charge in [-0.1, -0.05) is 25.7 Å². The highest BCUT2D eigenvalue weighted by Crippen LogP contribution is 2.43. The van der Waals surface area contributed by atoms with Gasteiger partial charge in [-0.2, -0.15) is 0 Å². The summed E-state index contributed by atoms with van der Waals surface area (Å²) in [4.78, 5) is 14.9. The topological polar surface area (TPSA) is 58.4 Å². The van der Waals surface area contributed by atoms with Crippen LogP contribution in [0.25, 0.3) is 0 Å². The molecule has 1 amide bonds. The quantitative estimate of drug-likeness (QED) is 0.802. The zero-order valence-corrected chi connectivity index (χ0v) is 12.5. The fraction of sp³-hybridized carbons (Fsp3) is 0.938. The number of hydrogen-bond acceptors (Lipinski definition) is 3. The minimum Gasteiger partial charge on any atom is -0.336 e. The Balaban J connectivity index is 1.61. The third kappa shape index (κ3) is 2.86. The highest BCUT2D eigenvalue weighted by molar-refractivity contribution is 5.79. The summed E-state index contributed by atoms with van der Waals surface area (Å²) in [5, 5.41) is 3.34. The molecule has 4 atom stereocenters. The van der Waals surface area contributed by atoms with Crippen LogP contribution in [0, 0.1) is 17.8 Å². The highest BCUT2D eigenvalue weighted by Gasteiger charge is 2.38. The maximum Gasteiger partial charge on any atom is 0.226 e. The third-order valence-corrected chi connectivity index (χ3v) is 5.79. The van der Waals surface area contributed by atoms with Crippen molar-refractivity contribution in [2.45, 2.75) is 51.0 Å². The van der Waals surface area contributed by atoms with Gasteiger partial charge in [0.1, 0.15) is 0 Å². The molecular formula is C16H29N3O. The summed E-state index contributed by atoms with van der Waals surface area (Å²) >= 11 is 0. The SMILES string of the molecule is NCC1CNCCN1C(=O)C1CCC2CCCCC2C1. The summed E-state index contributed by atoms with van der Waals surface area (Å²) in [5.74, 6) is 2.42. The average Bonchev–Trinajstić information content (AvgIpc) is 2.53. The van der Waals surface area contributed by atoms with Crippen LogP contribution in [0.15, 0.2) is 0 Å². The average molecular weight is 279 g/mol. The van der Waals surface area contributed by atoms with E-state index in [1.807, 2.05) is 0 Å². The minimum atomic E-state index is 0.209. The molecule has 3 fully saturated rings. The van der Waals surface area contributed by atoms with Crippen molar-refractivity contribution in [2.24, 2.45) is 23.5 Å². The molecule has 0 bridgehead atoms. The number of carbonyl (C=O) groups is 1. The molecule has 0 aromatic rings. The first kappa shape index (κ1) is 14.3. The second-order valence-electron chi connectivity index (χ2n) is 6.94. The van der Waals surface area contributed by atoms with Gasteiger partial charge in [0, 0.05) is 32.1 Å². The molecule has 4 heteroatoms. The highest BCUT2D eigenvalue weighted by atomic mass is 16.2. The van der Waals surface area contributed by atoms with Crippen molar-refractivity contribution in [1.29, 1.82) is 0 Å². The van der Waals surface area contributed by atoms with Crippen molar-refractivity contribution in [2.75, 3.05) is 26.2 Å². The van der Waals surface area contributed by atoms with E-state index in [-0.39, 0.29) is 12.0 Å². The molecule has 1 heterocycles. The van der Waals surface area contributed by atoms with Gasteiger partial charge in [-0.3, -0.25) is 4.79 Å². The second-order valence-corrected chi connectivity index (χ2v) is 6.94. The van der Waals surface area contributed by atoms with Gasteiger partial charge < -0.3 is 16.0 Å². The number of piperazine rings is 1. The van der Waals surface area contributed by atoms with Crippen LogP contribution in [0.5, 0.6) is 0 Å². The summed E-state index contributed by atoms with van der Waals surface area (Å²) in [6.45, 7) is 3.20. The minimum absolute atomic E-state index is 0.209. The van der Waals surface area contributed by atoms with Crippen molar-refractivity contribution in [3.63, 3.8) is 0 Å². The number of hydrogen-bond donors (Lipinski definition) is 2. The van der Waals surface area contributed by atoms with E-state index >= 15 is 0 Å². The molecule has 4 nitrogen and oxygen atoms in total. The number of amides is 1. The third-order valence-electron chi connectivity index (χ3n) is 5.79. The Morgan fingerprint density at radius 1 is 1.15 bits per heavy atom. The summed E-state index contributed by atoms with van der Waals surface area (Å²) < 4.78 is 0. The number of carbonyl (C=O) groups excluding carboxylic acids is 1. The molecular weight excluding hydrogens is 250 g/mol. The van der Waals surface area contributed by atoms with E-state index in [1.54, 1.807) is 0 Å². The van der Waals surface area contributed by atoms with E-state index < -0.39 is 0 Å². The van der Waals surface area contributed by atoms with Gasteiger partial charge in [-0.15, -0.1) is 0 Å². The van der Waals surface area contributed by atoms with Crippen LogP contribution in [0.3, 0.4) is 0 Å². The van der Waals surface area contributed by atoms with Crippen LogP contribution < -0.4 is 11.1 Å². The Hall–Kier alpha value is -0.610. The number of nitrogens with two attached hydrogens (primary N) is 1. The van der Waals surface area contributed by atoms with Crippen molar-refractivity contribution in [3.05, 3.63) is 0 Å². The first-order chi connectivity index (χ1) is 9.79. The molecule has 20 heavy (non-hydrogen) atoms. The van der Waals surface area contributed by atoms with Gasteiger partial charge >= 0.3 is 0 Å². The van der Waals surface area contributed by atoms with E-state index in [0.717, 1.165) is 44.3 Å². The Bertz CT molecular complexity index is 347. The summed E-state index contributed by atoms with van der Waals surface area (Å²) in [7, 11) is 0. The van der Waals surface area contributed by atoms with Crippen molar-refractivity contribution in [3.8, 4) is 0 Å². The van der Waals surface area contributed by atoms with Crippen LogP contribution in [0.4, 0.5) is 0 Å². The fourth-order valence-corrected chi connectivity index (χ4v) is 4.59. The lowest BCUT2D eigenvalue weighted by atomic mass is 9.67. The summed E-state index contributed by atoms with van der Waals surface area (Å²) in [6, 6.07) is 0.209. The van der Waals surface area contributed by atoms with Gasteiger partial charge in [-0.05, 0) is 31.1 Å². The molecule has 3 aliphatic rings. The van der Waals surface area contributed by atoms with E-state index in [1.165, 1.54) is 32.1 Å². The van der Waals surface area contributed by atoms with E-state index in [0.29, 0.717) is 12.5 Å². The lowest BCUT2D eigenvalue weighted by Crippen LogP contribution is -2.58. The number of fused-ring (bicyclic) bond motifs is 1. The lowest BCUT2D eigenvalue weighted by Gasteiger charge is -2.42. The van der Waals surface area contributed by atoms with Crippen LogP contribution in [0.2, 0.25) is 0 Å². The molecule has 1 saturated heterocycles. The maximum absolute atomic E-state index is 12.8. The predicted molar refractivity (Wildman–Crippen MR) is 80.2 cm³/mol. The molecule has 4 unspecified atom stereocenters. The Kier molecular flexibility index (Phi) is 4.61. The van der Waals surface area contributed by atoms with Crippen LogP contribution in [-0.4, -0.2) is 43.0 Å². The standard InChI is InChI=1S/C16H29N3O/c17-10-15-11-18-7-8-19(15)16(20)14-6-5-12-3-1-2-4-13(12)9-14/h12-15,18H,1-11,17H2. The lowest BCUT2D eigenvalue weighted by molar-refractivity contribution is -0.141. The molecule has 3 N–H and O–H groups in total. The molecule has 2 saturated carbocycles. The molecule has 3 rings (SSSR count). The first-order valence-electron chi connectivity index (χ1n) is 8.51. The van der Waals surface area contributed by atoms with Gasteiger partial charge in [0.2, 0.25) is 5.91 Å². The Morgan fingerprint density at radius 3 is 2.75 bits per heavy atom. The van der Waals surface area contributed by atoms with E-state index in [4.69, 9.17) is 5.73 Å². The molecule has 0 spiro atoms. The van der Waals surface area contributed by atoms with E-state index in [2.05, 4.69) is 10.2 Å². The van der Waals surface area contributed by atoms with Crippen molar-refractivity contribution in [1.82, 2.24) is 10.2 Å². The van der Waals surface area contributed by atoms with Crippen LogP contribution in [-0.2, 0) is 4.79 Å². The van der Waals surface area contributed by atoms with Crippen molar-refractivity contribution >= 4 is 5.91 Å². The van der Waals surface area contributed by atoms with Gasteiger partial charge in [0.05, 0.1) is 6.04 Å². The van der Waals surface area contributed by atoms with Gasteiger partial charge in [0.25, 0.3) is 0 Å². The van der Waals surface area contributed by atoms with Gasteiger partial charge in [0.15, 0.2) is 0 Å². The fourth-order valence-electron chi connectivity index (χ4n) is 4.59. The van der Waals surface area contributed by atoms with Crippen LogP contribution in [0.1, 0.15) is 44.9 Å². The zero-order valence-electron chi connectivity index (χ0n) is 12.5. The number of rotatable bonds is 2. The molecule has 0 aromatic heterocycles. The summed E-state index contributed by atoms with van der Waals surface area (Å²) in [5.41, 5.74) is 5.83. The monoisotopic (exact) mass is 279 g/mol. The maximum atomic E-state index is 12.8. The largest absolute Gasteiger partial charge is 0.336 e. The smallest absolute Gasteiger partial charge is 0.226 e. The molecule has 0 aromatic carbocycles. The normalized spacial score (nSPS) is 38.4. The molecule has 0 radical (unpaired) electrons.